The highest BCUT2D eigenvalue weighted by atomic mass is 16.2. The van der Waals surface area contributed by atoms with E-state index in [4.69, 9.17) is 0 Å². The van der Waals surface area contributed by atoms with Crippen LogP contribution in [-0.2, 0) is 11.2 Å². The molecule has 0 aromatic heterocycles. The Bertz CT molecular complexity index is 456. The average molecular weight is 274 g/mol. The van der Waals surface area contributed by atoms with E-state index in [1.807, 2.05) is 4.90 Å². The molecular formula is C17H26N2O. The van der Waals surface area contributed by atoms with E-state index in [0.717, 1.165) is 25.9 Å². The second kappa shape index (κ2) is 6.89. The standard InChI is InChI=1S/C17H26N2O/c1-13(2)8-10-18-12-17(20)19-11-9-15-6-4-5-7-16(15)14(19)3/h4-7,13-14,18H,8-12H2,1-3H3. The summed E-state index contributed by atoms with van der Waals surface area (Å²) in [5, 5.41) is 3.27. The number of nitrogens with zero attached hydrogens (tertiary/aromatic N) is 1. The first-order valence-electron chi connectivity index (χ1n) is 7.67. The molecule has 0 bridgehead atoms. The molecule has 1 amide bonds. The second-order valence-electron chi connectivity index (χ2n) is 6.07. The molecule has 0 spiro atoms. The molecule has 1 heterocycles. The van der Waals surface area contributed by atoms with E-state index in [1.54, 1.807) is 0 Å². The molecule has 1 aliphatic rings. The third-order valence-corrected chi connectivity index (χ3v) is 4.09. The Hall–Kier alpha value is -1.35. The first-order chi connectivity index (χ1) is 9.59. The molecule has 110 valence electrons. The van der Waals surface area contributed by atoms with Gasteiger partial charge in [-0.2, -0.15) is 0 Å². The number of hydrogen-bond acceptors (Lipinski definition) is 2. The van der Waals surface area contributed by atoms with Crippen molar-refractivity contribution in [3.05, 3.63) is 35.4 Å². The highest BCUT2D eigenvalue weighted by Crippen LogP contribution is 2.28. The van der Waals surface area contributed by atoms with Crippen LogP contribution in [0.25, 0.3) is 0 Å². The van der Waals surface area contributed by atoms with Gasteiger partial charge in [0.25, 0.3) is 0 Å². The van der Waals surface area contributed by atoms with E-state index in [1.165, 1.54) is 11.1 Å². The topological polar surface area (TPSA) is 32.3 Å². The van der Waals surface area contributed by atoms with Gasteiger partial charge < -0.3 is 10.2 Å². The Kier molecular flexibility index (Phi) is 5.18. The van der Waals surface area contributed by atoms with Crippen molar-refractivity contribution in [2.75, 3.05) is 19.6 Å². The second-order valence-corrected chi connectivity index (χ2v) is 6.07. The van der Waals surface area contributed by atoms with Crippen LogP contribution in [0.3, 0.4) is 0 Å². The molecule has 1 atom stereocenters. The molecule has 20 heavy (non-hydrogen) atoms. The number of amides is 1. The first-order valence-corrected chi connectivity index (χ1v) is 7.67. The molecular weight excluding hydrogens is 248 g/mol. The molecule has 1 unspecified atom stereocenters. The maximum Gasteiger partial charge on any atom is 0.237 e. The minimum absolute atomic E-state index is 0.194. The summed E-state index contributed by atoms with van der Waals surface area (Å²) in [6.45, 7) is 8.74. The fraction of sp³-hybridized carbons (Fsp3) is 0.588. The zero-order chi connectivity index (χ0) is 14.5. The zero-order valence-corrected chi connectivity index (χ0v) is 12.9. The van der Waals surface area contributed by atoms with Gasteiger partial charge in [0.2, 0.25) is 5.91 Å². The van der Waals surface area contributed by atoms with Crippen LogP contribution in [0.2, 0.25) is 0 Å². The number of carbonyl (C=O) groups excluding carboxylic acids is 1. The summed E-state index contributed by atoms with van der Waals surface area (Å²) in [5.41, 5.74) is 2.69. The molecule has 0 radical (unpaired) electrons. The number of rotatable bonds is 5. The van der Waals surface area contributed by atoms with Gasteiger partial charge >= 0.3 is 0 Å². The molecule has 1 N–H and O–H groups in total. The quantitative estimate of drug-likeness (QED) is 0.837. The monoisotopic (exact) mass is 274 g/mol. The SMILES string of the molecule is CC(C)CCNCC(=O)N1CCc2ccccc2C1C. The lowest BCUT2D eigenvalue weighted by atomic mass is 9.93. The van der Waals surface area contributed by atoms with Crippen molar-refractivity contribution in [2.24, 2.45) is 5.92 Å². The van der Waals surface area contributed by atoms with Crippen molar-refractivity contribution in [3.8, 4) is 0 Å². The Balaban J connectivity index is 1.89. The lowest BCUT2D eigenvalue weighted by Crippen LogP contribution is -2.43. The van der Waals surface area contributed by atoms with Crippen LogP contribution >= 0.6 is 0 Å². The van der Waals surface area contributed by atoms with E-state index in [2.05, 4.69) is 50.4 Å². The fourth-order valence-corrected chi connectivity index (χ4v) is 2.80. The number of fused-ring (bicyclic) bond motifs is 1. The van der Waals surface area contributed by atoms with Crippen LogP contribution in [0.5, 0.6) is 0 Å². The first kappa shape index (κ1) is 15.0. The molecule has 0 aliphatic carbocycles. The van der Waals surface area contributed by atoms with Gasteiger partial charge in [-0.3, -0.25) is 4.79 Å². The predicted molar refractivity (Wildman–Crippen MR) is 82.6 cm³/mol. The molecule has 2 rings (SSSR count). The van der Waals surface area contributed by atoms with Crippen LogP contribution in [0.4, 0.5) is 0 Å². The van der Waals surface area contributed by atoms with Crippen molar-refractivity contribution < 1.29 is 4.79 Å². The molecule has 1 aromatic carbocycles. The Morgan fingerprint density at radius 2 is 2.15 bits per heavy atom. The van der Waals surface area contributed by atoms with Crippen LogP contribution in [-0.4, -0.2) is 30.4 Å². The minimum Gasteiger partial charge on any atom is -0.334 e. The maximum absolute atomic E-state index is 12.3. The van der Waals surface area contributed by atoms with Gasteiger partial charge in [-0.25, -0.2) is 0 Å². The van der Waals surface area contributed by atoms with Gasteiger partial charge in [0, 0.05) is 6.54 Å². The van der Waals surface area contributed by atoms with Gasteiger partial charge in [-0.1, -0.05) is 38.1 Å². The Morgan fingerprint density at radius 1 is 1.40 bits per heavy atom. The van der Waals surface area contributed by atoms with E-state index in [0.29, 0.717) is 12.5 Å². The fourth-order valence-electron chi connectivity index (χ4n) is 2.80. The average Bonchev–Trinajstić information content (AvgIpc) is 2.44. The van der Waals surface area contributed by atoms with Crippen LogP contribution < -0.4 is 5.32 Å². The number of benzene rings is 1. The van der Waals surface area contributed by atoms with Crippen LogP contribution in [0, 0.1) is 5.92 Å². The summed E-state index contributed by atoms with van der Waals surface area (Å²) in [6, 6.07) is 8.65. The highest BCUT2D eigenvalue weighted by molar-refractivity contribution is 5.79. The largest absolute Gasteiger partial charge is 0.334 e. The van der Waals surface area contributed by atoms with Crippen molar-refractivity contribution in [3.63, 3.8) is 0 Å². The maximum atomic E-state index is 12.3. The lowest BCUT2D eigenvalue weighted by Gasteiger charge is -2.35. The van der Waals surface area contributed by atoms with E-state index < -0.39 is 0 Å². The van der Waals surface area contributed by atoms with Crippen molar-refractivity contribution in [2.45, 2.75) is 39.7 Å². The molecule has 1 aromatic rings. The normalized spacial score (nSPS) is 18.2. The third-order valence-electron chi connectivity index (χ3n) is 4.09. The molecule has 1 aliphatic heterocycles. The summed E-state index contributed by atoms with van der Waals surface area (Å²) in [5.74, 6) is 0.897. The Morgan fingerprint density at radius 3 is 2.90 bits per heavy atom. The summed E-state index contributed by atoms with van der Waals surface area (Å²) in [7, 11) is 0. The predicted octanol–water partition coefficient (Wildman–Crippen LogP) is 2.77. The van der Waals surface area contributed by atoms with Gasteiger partial charge in [0.1, 0.15) is 0 Å². The van der Waals surface area contributed by atoms with E-state index in [9.17, 15) is 4.79 Å². The number of nitrogens with one attached hydrogen (secondary N) is 1. The molecule has 3 nitrogen and oxygen atoms in total. The molecule has 3 heteroatoms. The summed E-state index contributed by atoms with van der Waals surface area (Å²) < 4.78 is 0. The van der Waals surface area contributed by atoms with Crippen molar-refractivity contribution >= 4 is 5.91 Å². The lowest BCUT2D eigenvalue weighted by molar-refractivity contribution is -0.132. The number of hydrogen-bond donors (Lipinski definition) is 1. The molecule has 0 fully saturated rings. The molecule has 0 saturated carbocycles. The third kappa shape index (κ3) is 3.60. The van der Waals surface area contributed by atoms with Gasteiger partial charge in [-0.05, 0) is 43.4 Å². The van der Waals surface area contributed by atoms with Gasteiger partial charge in [0.15, 0.2) is 0 Å². The zero-order valence-electron chi connectivity index (χ0n) is 12.9. The van der Waals surface area contributed by atoms with E-state index in [-0.39, 0.29) is 11.9 Å². The van der Waals surface area contributed by atoms with Gasteiger partial charge in [0.05, 0.1) is 12.6 Å². The number of carbonyl (C=O) groups is 1. The van der Waals surface area contributed by atoms with Crippen LogP contribution in [0.15, 0.2) is 24.3 Å². The smallest absolute Gasteiger partial charge is 0.237 e. The van der Waals surface area contributed by atoms with Crippen molar-refractivity contribution in [1.82, 2.24) is 10.2 Å². The summed E-state index contributed by atoms with van der Waals surface area (Å²) in [6.07, 6.45) is 2.09. The highest BCUT2D eigenvalue weighted by Gasteiger charge is 2.26. The minimum atomic E-state index is 0.194. The van der Waals surface area contributed by atoms with E-state index >= 15 is 0 Å². The summed E-state index contributed by atoms with van der Waals surface area (Å²) >= 11 is 0. The van der Waals surface area contributed by atoms with Gasteiger partial charge in [-0.15, -0.1) is 0 Å². The Labute approximate surface area is 122 Å². The van der Waals surface area contributed by atoms with Crippen LogP contribution in [0.1, 0.15) is 44.4 Å². The van der Waals surface area contributed by atoms with Crippen molar-refractivity contribution in [1.29, 1.82) is 0 Å². The summed E-state index contributed by atoms with van der Waals surface area (Å²) in [4.78, 5) is 14.3. The molecule has 0 saturated heterocycles.